The van der Waals surface area contributed by atoms with Crippen LogP contribution >= 0.6 is 69.0 Å². The van der Waals surface area contributed by atoms with Crippen LogP contribution in [0.3, 0.4) is 0 Å². The van der Waals surface area contributed by atoms with Crippen molar-refractivity contribution in [3.63, 3.8) is 0 Å². The molecular weight excluding hydrogens is 1210 g/mol. The van der Waals surface area contributed by atoms with Crippen molar-refractivity contribution in [1.29, 1.82) is 0 Å². The van der Waals surface area contributed by atoms with Crippen molar-refractivity contribution in [3.05, 3.63) is 286 Å². The Balaban J connectivity index is 0.000000110. The number of ether oxygens (including phenoxy) is 4. The van der Waals surface area contributed by atoms with Crippen LogP contribution in [-0.2, 0) is 28.7 Å². The van der Waals surface area contributed by atoms with Crippen LogP contribution in [0.1, 0.15) is 80.4 Å². The third-order valence-corrected chi connectivity index (χ3v) is 17.3. The number of benzene rings is 8. The van der Waals surface area contributed by atoms with Crippen LogP contribution in [0.25, 0.3) is 22.2 Å². The van der Waals surface area contributed by atoms with Gasteiger partial charge in [0.2, 0.25) is 24.3 Å². The Kier molecular flexibility index (Phi) is 13.9. The lowest BCUT2D eigenvalue weighted by Gasteiger charge is -2.30. The summed E-state index contributed by atoms with van der Waals surface area (Å²) in [6, 6.07) is 68.6. The maximum atomic E-state index is 6.37. The molecule has 81 heavy (non-hydrogen) atoms. The van der Waals surface area contributed by atoms with Gasteiger partial charge in [-0.2, -0.15) is 0 Å². The van der Waals surface area contributed by atoms with E-state index < -0.39 is 0 Å². The number of rotatable bonds is 6. The number of fused-ring (bicyclic) bond motifs is 12. The zero-order valence-corrected chi connectivity index (χ0v) is 48.2. The van der Waals surface area contributed by atoms with Gasteiger partial charge in [-0.15, -0.1) is 0 Å². The van der Waals surface area contributed by atoms with E-state index in [1.54, 1.807) is 0 Å². The minimum absolute atomic E-state index is 0.0672. The van der Waals surface area contributed by atoms with Crippen molar-refractivity contribution in [3.8, 4) is 22.8 Å². The predicted octanol–water partition coefficient (Wildman–Crippen LogP) is 17.2. The monoisotopic (exact) mass is 1250 g/mol. The van der Waals surface area contributed by atoms with Gasteiger partial charge >= 0.3 is 0 Å². The number of aromatic nitrogens is 2. The maximum absolute atomic E-state index is 6.37. The summed E-state index contributed by atoms with van der Waals surface area (Å²) in [7, 11) is 0. The van der Waals surface area contributed by atoms with Crippen molar-refractivity contribution in [1.82, 2.24) is 9.55 Å². The van der Waals surface area contributed by atoms with Gasteiger partial charge in [-0.1, -0.05) is 162 Å². The largest absolute Gasteiger partial charge is 0.470 e. The Morgan fingerprint density at radius 1 is 0.481 bits per heavy atom. The molecule has 0 N–H and O–H groups in total. The van der Waals surface area contributed by atoms with Gasteiger partial charge in [-0.25, -0.2) is 20.0 Å². The second-order valence-corrected chi connectivity index (χ2v) is 23.3. The highest BCUT2D eigenvalue weighted by atomic mass is 127. The molecule has 2 aliphatic carbocycles. The Morgan fingerprint density at radius 3 is 1.68 bits per heavy atom. The first-order valence-corrected chi connectivity index (χ1v) is 29.2. The van der Waals surface area contributed by atoms with E-state index in [0.29, 0.717) is 28.3 Å². The van der Waals surface area contributed by atoms with Gasteiger partial charge in [0.1, 0.15) is 47.2 Å². The molecule has 0 amide bonds. The Morgan fingerprint density at radius 2 is 1.02 bits per heavy atom. The predicted molar refractivity (Wildman–Crippen MR) is 331 cm³/mol. The zero-order chi connectivity index (χ0) is 54.7. The van der Waals surface area contributed by atoms with Crippen molar-refractivity contribution >= 4 is 97.4 Å². The quantitative estimate of drug-likeness (QED) is 0.155. The average molecular weight is 1250 g/mol. The fourth-order valence-corrected chi connectivity index (χ4v) is 12.8. The van der Waals surface area contributed by atoms with Crippen molar-refractivity contribution in [2.75, 3.05) is 0 Å². The van der Waals surface area contributed by atoms with Crippen molar-refractivity contribution < 1.29 is 18.9 Å². The molecule has 0 saturated heterocycles. The van der Waals surface area contributed by atoms with Gasteiger partial charge in [0.25, 0.3) is 0 Å². The fraction of sp³-hybridized carbons (Fsp3) is 0.134. The minimum Gasteiger partial charge on any atom is -0.470 e. The molecule has 10 aromatic rings. The first kappa shape index (κ1) is 51.7. The lowest BCUT2D eigenvalue weighted by atomic mass is 9.99. The molecular formula is C67H46Cl4IN5O4. The number of pyridine rings is 1. The van der Waals surface area contributed by atoms with Gasteiger partial charge in [0.15, 0.2) is 0 Å². The number of hydrogen-bond acceptors (Lipinski definition) is 8. The molecule has 14 heteroatoms. The smallest absolute Gasteiger partial charge is 0.236 e. The standard InChI is InChI=1S/C25H19N3O2.C21H14Cl2INO.C21H13Cl2NO/c1-3-8-16-14(6-1)12-20-22(16)27-24(29-20)18-10-5-11-19(26-18)25-28-23-17-9-4-2-7-15(17)13-21(23)30-25;22-15-7-9-18(24)14(10-15)11-19-17-8-6-16(23)12-20(17)26-21(25-19)13-4-2-1-3-5-13;22-15-7-9-18-14(10-15)11-19-17-8-6-16(23)12-20(17)25-21(24(18)19)13-4-2-1-3-5-13/h1-11,20-23H,12-13H2;1-10,12,21H,11H2;1-12,21H/t20-,21-,22+,23+;;/m1../s1. The van der Waals surface area contributed by atoms with Gasteiger partial charge < -0.3 is 23.5 Å². The summed E-state index contributed by atoms with van der Waals surface area (Å²) >= 11 is 27.1. The first-order valence-electron chi connectivity index (χ1n) is 26.6. The van der Waals surface area contributed by atoms with E-state index in [1.807, 2.05) is 140 Å². The SMILES string of the molecule is Clc1ccc(I)c(CC2=NC(c3ccccc3)Oc3cc(Cl)ccc32)c1.Clc1ccc2c(c1)OC(c1ccccc1)n1c-2cc2cc(Cl)ccc21.c1cc(C2=N[C@H]3c4ccccc4C[C@H]3O2)nc(C2=N[C@H]3c4ccccc4C[C@H]3O2)c1. The number of aliphatic imine (C=N–C) groups is 3. The van der Waals surface area contributed by atoms with Gasteiger partial charge in [-0.05, 0) is 141 Å². The number of halogens is 5. The van der Waals surface area contributed by atoms with E-state index in [-0.39, 0.29) is 36.7 Å². The molecule has 6 heterocycles. The molecule has 398 valence electrons. The van der Waals surface area contributed by atoms with E-state index in [2.05, 4.69) is 93.9 Å². The Labute approximate surface area is 501 Å². The molecule has 0 spiro atoms. The van der Waals surface area contributed by atoms with E-state index >= 15 is 0 Å². The summed E-state index contributed by atoms with van der Waals surface area (Å²) in [6.45, 7) is 0. The van der Waals surface area contributed by atoms with E-state index in [9.17, 15) is 0 Å². The van der Waals surface area contributed by atoms with E-state index in [0.717, 1.165) is 99.5 Å². The van der Waals surface area contributed by atoms with E-state index in [1.165, 1.54) is 22.3 Å². The second-order valence-electron chi connectivity index (χ2n) is 20.4. The van der Waals surface area contributed by atoms with Gasteiger partial charge in [-0.3, -0.25) is 0 Å². The van der Waals surface area contributed by atoms with Crippen molar-refractivity contribution in [2.24, 2.45) is 15.0 Å². The molecule has 2 unspecified atom stereocenters. The normalized spacial score (nSPS) is 20.0. The first-order chi connectivity index (χ1) is 39.6. The highest BCUT2D eigenvalue weighted by molar-refractivity contribution is 14.1. The number of hydrogen-bond donors (Lipinski definition) is 0. The van der Waals surface area contributed by atoms with Crippen LogP contribution in [0, 0.1) is 3.57 Å². The van der Waals surface area contributed by atoms with Crippen LogP contribution in [0.4, 0.5) is 0 Å². The molecule has 2 aromatic heterocycles. The van der Waals surface area contributed by atoms with Gasteiger partial charge in [0.05, 0.1) is 16.9 Å². The molecule has 9 nitrogen and oxygen atoms in total. The second kappa shape index (κ2) is 21.8. The van der Waals surface area contributed by atoms with Crippen LogP contribution in [0.5, 0.6) is 11.5 Å². The van der Waals surface area contributed by atoms with Crippen molar-refractivity contribution in [2.45, 2.75) is 56.0 Å². The topological polar surface area (TPSA) is 91.8 Å². The van der Waals surface area contributed by atoms with Crippen LogP contribution in [-0.4, -0.2) is 39.3 Å². The lowest BCUT2D eigenvalue weighted by Crippen LogP contribution is -2.22. The Hall–Kier alpha value is -7.45. The summed E-state index contributed by atoms with van der Waals surface area (Å²) in [5.74, 6) is 2.78. The zero-order valence-electron chi connectivity index (χ0n) is 43.0. The summed E-state index contributed by atoms with van der Waals surface area (Å²) in [5, 5.41) is 3.86. The summed E-state index contributed by atoms with van der Waals surface area (Å²) in [5.41, 5.74) is 15.1. The van der Waals surface area contributed by atoms with Gasteiger partial charge in [0, 0.05) is 70.6 Å². The maximum Gasteiger partial charge on any atom is 0.236 e. The molecule has 0 radical (unpaired) electrons. The summed E-state index contributed by atoms with van der Waals surface area (Å²) in [4.78, 5) is 19.4. The molecule has 0 saturated carbocycles. The third-order valence-electron chi connectivity index (χ3n) is 15.3. The fourth-order valence-electron chi connectivity index (χ4n) is 11.5. The third kappa shape index (κ3) is 10.2. The highest BCUT2D eigenvalue weighted by Gasteiger charge is 2.42. The molecule has 8 aromatic carbocycles. The van der Waals surface area contributed by atoms with Crippen LogP contribution in [0.15, 0.2) is 221 Å². The highest BCUT2D eigenvalue weighted by Crippen LogP contribution is 2.46. The number of nitrogens with zero attached hydrogens (tertiary/aromatic N) is 5. The minimum atomic E-state index is -0.381. The lowest BCUT2D eigenvalue weighted by molar-refractivity contribution is 0.173. The molecule has 6 atom stereocenters. The van der Waals surface area contributed by atoms with E-state index in [4.69, 9.17) is 85.3 Å². The molecule has 0 fully saturated rings. The average Bonchev–Trinajstić information content (AvgIpc) is 4.54. The summed E-state index contributed by atoms with van der Waals surface area (Å²) < 4.78 is 28.3. The molecule has 6 aliphatic rings. The van der Waals surface area contributed by atoms with Crippen LogP contribution in [0.2, 0.25) is 20.1 Å². The molecule has 4 aliphatic heterocycles. The summed E-state index contributed by atoms with van der Waals surface area (Å²) in [6.07, 6.45) is 1.98. The Bertz CT molecular complexity index is 4100. The molecule has 0 bridgehead atoms. The van der Waals surface area contributed by atoms with Crippen LogP contribution < -0.4 is 9.47 Å². The molecule has 16 rings (SSSR count).